The first-order valence-electron chi connectivity index (χ1n) is 11.4. The molecule has 0 fully saturated rings. The molecule has 2 N–H and O–H groups in total. The molecule has 0 aliphatic rings. The number of rotatable bonds is 7. The first-order chi connectivity index (χ1) is 18.3. The zero-order valence-corrected chi connectivity index (χ0v) is 22.2. The third-order valence-corrected chi connectivity index (χ3v) is 6.66. The van der Waals surface area contributed by atoms with E-state index in [1.54, 1.807) is 24.7 Å². The van der Waals surface area contributed by atoms with Crippen LogP contribution in [0.25, 0.3) is 27.8 Å². The fourth-order valence-electron chi connectivity index (χ4n) is 4.11. The van der Waals surface area contributed by atoms with E-state index in [4.69, 9.17) is 37.7 Å². The van der Waals surface area contributed by atoms with Crippen molar-refractivity contribution >= 4 is 63.1 Å². The Hall–Kier alpha value is -4.34. The van der Waals surface area contributed by atoms with Gasteiger partial charge in [-0.15, -0.1) is 0 Å². The van der Waals surface area contributed by atoms with Crippen molar-refractivity contribution in [2.24, 2.45) is 0 Å². The van der Waals surface area contributed by atoms with E-state index in [0.29, 0.717) is 66.7 Å². The van der Waals surface area contributed by atoms with E-state index < -0.39 is 0 Å². The van der Waals surface area contributed by atoms with Crippen LogP contribution < -0.4 is 20.1 Å². The molecule has 0 saturated heterocycles. The third kappa shape index (κ3) is 4.46. The lowest BCUT2D eigenvalue weighted by Crippen LogP contribution is -2.10. The molecular weight excluding hydrogens is 527 g/mol. The highest BCUT2D eigenvalue weighted by molar-refractivity contribution is 6.41. The summed E-state index contributed by atoms with van der Waals surface area (Å²) in [5.74, 6) is 0.844. The van der Waals surface area contributed by atoms with Crippen molar-refractivity contribution in [1.82, 2.24) is 19.4 Å². The molecule has 192 valence electrons. The molecule has 0 bridgehead atoms. The molecule has 9 nitrogen and oxygen atoms in total. The van der Waals surface area contributed by atoms with Crippen molar-refractivity contribution in [3.8, 4) is 22.6 Å². The summed E-state index contributed by atoms with van der Waals surface area (Å²) < 4.78 is 12.7. The maximum atomic E-state index is 11.9. The molecule has 0 aliphatic carbocycles. The van der Waals surface area contributed by atoms with E-state index in [-0.39, 0.29) is 5.91 Å². The van der Waals surface area contributed by atoms with Gasteiger partial charge >= 0.3 is 0 Å². The van der Waals surface area contributed by atoms with Gasteiger partial charge in [0, 0.05) is 41.2 Å². The zero-order valence-electron chi connectivity index (χ0n) is 20.7. The molecule has 0 atom stereocenters. The second kappa shape index (κ2) is 10.2. The summed E-state index contributed by atoms with van der Waals surface area (Å²) in [5, 5.41) is 7.37. The van der Waals surface area contributed by atoms with E-state index in [1.807, 2.05) is 35.6 Å². The van der Waals surface area contributed by atoms with Crippen LogP contribution in [0.3, 0.4) is 0 Å². The highest BCUT2D eigenvalue weighted by Gasteiger charge is 2.22. The van der Waals surface area contributed by atoms with Crippen LogP contribution in [0.1, 0.15) is 5.56 Å². The number of aromatic nitrogens is 4. The highest BCUT2D eigenvalue weighted by Crippen LogP contribution is 2.47. The van der Waals surface area contributed by atoms with E-state index in [2.05, 4.69) is 27.2 Å². The Labute approximate surface area is 228 Å². The van der Waals surface area contributed by atoms with Gasteiger partial charge in [-0.05, 0) is 36.8 Å². The summed E-state index contributed by atoms with van der Waals surface area (Å²) in [6.45, 7) is 5.45. The molecular formula is C27H22Cl2N6O3. The van der Waals surface area contributed by atoms with Crippen LogP contribution in [0, 0.1) is 6.92 Å². The van der Waals surface area contributed by atoms with Gasteiger partial charge in [-0.3, -0.25) is 9.20 Å². The summed E-state index contributed by atoms with van der Waals surface area (Å²) in [6.07, 6.45) is 6.35. The van der Waals surface area contributed by atoms with Crippen LogP contribution >= 0.6 is 23.2 Å². The number of methoxy groups -OCH3 is 2. The number of benzene rings is 2. The van der Waals surface area contributed by atoms with Crippen molar-refractivity contribution in [2.45, 2.75) is 6.92 Å². The number of imidazole rings is 1. The second-order valence-electron chi connectivity index (χ2n) is 8.30. The van der Waals surface area contributed by atoms with Crippen LogP contribution in [-0.2, 0) is 4.79 Å². The SMILES string of the molecule is C=CC(=O)Nc1cc(C)ccc1Nc1ncc2cc(-c3c(Cl)c(OC)cc(OC)c3Cl)c3nccn3c2n1. The number of ether oxygens (including phenoxy) is 2. The van der Waals surface area contributed by atoms with Crippen molar-refractivity contribution in [3.05, 3.63) is 77.2 Å². The normalized spacial score (nSPS) is 11.0. The Morgan fingerprint density at radius 2 is 1.76 bits per heavy atom. The number of nitrogens with one attached hydrogen (secondary N) is 2. The van der Waals surface area contributed by atoms with Gasteiger partial charge in [-0.1, -0.05) is 35.8 Å². The molecule has 5 rings (SSSR count). The molecule has 0 radical (unpaired) electrons. The van der Waals surface area contributed by atoms with Gasteiger partial charge < -0.3 is 20.1 Å². The minimum absolute atomic E-state index is 0.322. The third-order valence-electron chi connectivity index (χ3n) is 5.91. The lowest BCUT2D eigenvalue weighted by molar-refractivity contribution is -0.111. The molecule has 3 aromatic heterocycles. The van der Waals surface area contributed by atoms with Gasteiger partial charge in [0.2, 0.25) is 11.9 Å². The molecule has 38 heavy (non-hydrogen) atoms. The van der Waals surface area contributed by atoms with Crippen LogP contribution in [-0.4, -0.2) is 39.5 Å². The number of hydrogen-bond donors (Lipinski definition) is 2. The molecule has 11 heteroatoms. The van der Waals surface area contributed by atoms with Crippen molar-refractivity contribution in [2.75, 3.05) is 24.9 Å². The summed E-state index contributed by atoms with van der Waals surface area (Å²) in [5.41, 5.74) is 4.55. The van der Waals surface area contributed by atoms with E-state index >= 15 is 0 Å². The number of fused-ring (bicyclic) bond motifs is 3. The van der Waals surface area contributed by atoms with Gasteiger partial charge in [0.05, 0.1) is 35.6 Å². The van der Waals surface area contributed by atoms with Gasteiger partial charge in [-0.25, -0.2) is 9.97 Å². The summed E-state index contributed by atoms with van der Waals surface area (Å²) >= 11 is 13.4. The Balaban J connectivity index is 1.64. The number of carbonyl (C=O) groups is 1. The molecule has 0 unspecified atom stereocenters. The quantitative estimate of drug-likeness (QED) is 0.225. The van der Waals surface area contributed by atoms with Gasteiger partial charge in [0.15, 0.2) is 5.65 Å². The zero-order chi connectivity index (χ0) is 27.0. The summed E-state index contributed by atoms with van der Waals surface area (Å²) in [7, 11) is 3.04. The smallest absolute Gasteiger partial charge is 0.247 e. The fraction of sp³-hybridized carbons (Fsp3) is 0.111. The lowest BCUT2D eigenvalue weighted by Gasteiger charge is -2.16. The van der Waals surface area contributed by atoms with Crippen LogP contribution in [0.4, 0.5) is 17.3 Å². The minimum atomic E-state index is -0.322. The van der Waals surface area contributed by atoms with Crippen LogP contribution in [0.15, 0.2) is 61.6 Å². The number of aryl methyl sites for hydroxylation is 1. The van der Waals surface area contributed by atoms with Crippen LogP contribution in [0.5, 0.6) is 11.5 Å². The number of nitrogens with zero attached hydrogens (tertiary/aromatic N) is 4. The lowest BCUT2D eigenvalue weighted by atomic mass is 10.0. The molecule has 0 aliphatic heterocycles. The van der Waals surface area contributed by atoms with Crippen molar-refractivity contribution in [3.63, 3.8) is 0 Å². The topological polar surface area (TPSA) is 103 Å². The predicted molar refractivity (Wildman–Crippen MR) is 150 cm³/mol. The first kappa shape index (κ1) is 25.3. The molecule has 2 aromatic carbocycles. The van der Waals surface area contributed by atoms with Gasteiger partial charge in [0.25, 0.3) is 0 Å². The standard InChI is InChI=1S/C27H22Cl2N6O3/c1-5-21(36)32-18-10-14(2)6-7-17(18)33-27-31-13-15-11-16(26-30-8-9-35(26)25(15)34-27)22-23(28)19(37-3)12-20(38-4)24(22)29/h5-13H,1H2,2-4H3,(H,32,36)(H,31,33,34). The average molecular weight is 549 g/mol. The number of halogens is 2. The van der Waals surface area contributed by atoms with Gasteiger partial charge in [0.1, 0.15) is 17.1 Å². The maximum Gasteiger partial charge on any atom is 0.247 e. The largest absolute Gasteiger partial charge is 0.495 e. The van der Waals surface area contributed by atoms with E-state index in [1.165, 1.54) is 20.3 Å². The highest BCUT2D eigenvalue weighted by atomic mass is 35.5. The summed E-state index contributed by atoms with van der Waals surface area (Å²) in [4.78, 5) is 25.7. The number of hydrogen-bond acceptors (Lipinski definition) is 7. The fourth-order valence-corrected chi connectivity index (χ4v) is 4.82. The Morgan fingerprint density at radius 3 is 2.45 bits per heavy atom. The van der Waals surface area contributed by atoms with Crippen molar-refractivity contribution in [1.29, 1.82) is 0 Å². The van der Waals surface area contributed by atoms with E-state index in [0.717, 1.165) is 5.56 Å². The maximum absolute atomic E-state index is 11.9. The molecule has 1 amide bonds. The Bertz CT molecular complexity index is 1710. The Morgan fingerprint density at radius 1 is 1.03 bits per heavy atom. The number of anilines is 3. The number of pyridine rings is 1. The van der Waals surface area contributed by atoms with E-state index in [9.17, 15) is 4.79 Å². The first-order valence-corrected chi connectivity index (χ1v) is 12.1. The predicted octanol–water partition coefficient (Wildman–Crippen LogP) is 6.45. The number of carbonyl (C=O) groups excluding carboxylic acids is 1. The number of amides is 1. The average Bonchev–Trinajstić information content (AvgIpc) is 3.41. The van der Waals surface area contributed by atoms with Gasteiger partial charge in [-0.2, -0.15) is 4.98 Å². The van der Waals surface area contributed by atoms with Crippen LogP contribution in [0.2, 0.25) is 10.0 Å². The molecule has 3 heterocycles. The minimum Gasteiger partial charge on any atom is -0.495 e. The second-order valence-corrected chi connectivity index (χ2v) is 9.06. The molecule has 0 saturated carbocycles. The summed E-state index contributed by atoms with van der Waals surface area (Å²) in [6, 6.07) is 9.12. The monoisotopic (exact) mass is 548 g/mol. The molecule has 5 aromatic rings. The Kier molecular flexibility index (Phi) is 6.79. The molecule has 0 spiro atoms. The van der Waals surface area contributed by atoms with Crippen molar-refractivity contribution < 1.29 is 14.3 Å².